The lowest BCUT2D eigenvalue weighted by molar-refractivity contribution is -0.134. The summed E-state index contributed by atoms with van der Waals surface area (Å²) in [6.45, 7) is 1.44. The Balaban J connectivity index is 1.23. The van der Waals surface area contributed by atoms with Crippen molar-refractivity contribution in [1.82, 2.24) is 9.88 Å². The van der Waals surface area contributed by atoms with Crippen molar-refractivity contribution in [2.75, 3.05) is 19.7 Å². The molecule has 3 aromatic rings. The molecule has 0 spiro atoms. The van der Waals surface area contributed by atoms with Crippen LogP contribution in [-0.2, 0) is 4.79 Å². The van der Waals surface area contributed by atoms with Gasteiger partial charge in [0.1, 0.15) is 17.2 Å². The molecule has 0 unspecified atom stereocenters. The molecule has 4 rings (SSSR count). The Bertz CT molecular complexity index is 951. The average molecular weight is 404 g/mol. The van der Waals surface area contributed by atoms with E-state index in [1.807, 2.05) is 29.2 Å². The van der Waals surface area contributed by atoms with Crippen LogP contribution in [0.15, 0.2) is 72.9 Å². The monoisotopic (exact) mass is 404 g/mol. The molecule has 0 radical (unpaired) electrons. The molecule has 1 aliphatic heterocycles. The van der Waals surface area contributed by atoms with E-state index in [9.17, 15) is 9.90 Å². The zero-order chi connectivity index (χ0) is 20.8. The van der Waals surface area contributed by atoms with Gasteiger partial charge in [0.05, 0.1) is 0 Å². The van der Waals surface area contributed by atoms with Gasteiger partial charge in [0, 0.05) is 25.4 Å². The van der Waals surface area contributed by atoms with Crippen molar-refractivity contribution in [1.29, 1.82) is 0 Å². The number of benzene rings is 2. The number of ether oxygens (including phenoxy) is 2. The Hall–Kier alpha value is -3.54. The Labute approximate surface area is 175 Å². The molecule has 6 nitrogen and oxygen atoms in total. The van der Waals surface area contributed by atoms with E-state index in [-0.39, 0.29) is 18.3 Å². The first-order chi connectivity index (χ1) is 14.7. The molecule has 1 aromatic heterocycles. The SMILES string of the molecule is O=C(COc1ccc(Oc2ccccn2)cc1)N1CCC(c2ccc(O)cc2)CC1. The van der Waals surface area contributed by atoms with E-state index in [1.54, 1.807) is 48.7 Å². The predicted molar refractivity (Wildman–Crippen MR) is 113 cm³/mol. The Morgan fingerprint density at radius 3 is 2.33 bits per heavy atom. The van der Waals surface area contributed by atoms with Gasteiger partial charge in [0.15, 0.2) is 6.61 Å². The summed E-state index contributed by atoms with van der Waals surface area (Å²) in [5.74, 6) is 2.49. The molecule has 0 aliphatic carbocycles. The number of piperidine rings is 1. The minimum Gasteiger partial charge on any atom is -0.508 e. The Kier molecular flexibility index (Phi) is 6.13. The lowest BCUT2D eigenvalue weighted by atomic mass is 9.89. The average Bonchev–Trinajstić information content (AvgIpc) is 2.80. The Morgan fingerprint density at radius 2 is 1.67 bits per heavy atom. The van der Waals surface area contributed by atoms with E-state index in [0.717, 1.165) is 12.8 Å². The molecule has 2 aromatic carbocycles. The molecule has 2 heterocycles. The van der Waals surface area contributed by atoms with Gasteiger partial charge in [-0.2, -0.15) is 0 Å². The first-order valence-corrected chi connectivity index (χ1v) is 10.1. The summed E-state index contributed by atoms with van der Waals surface area (Å²) >= 11 is 0. The van der Waals surface area contributed by atoms with Crippen LogP contribution in [0.2, 0.25) is 0 Å². The van der Waals surface area contributed by atoms with Gasteiger partial charge in [-0.1, -0.05) is 18.2 Å². The van der Waals surface area contributed by atoms with Crippen LogP contribution in [0.3, 0.4) is 0 Å². The third-order valence-corrected chi connectivity index (χ3v) is 5.26. The van der Waals surface area contributed by atoms with Crippen molar-refractivity contribution >= 4 is 5.91 Å². The number of hydrogen-bond acceptors (Lipinski definition) is 5. The number of nitrogens with zero attached hydrogens (tertiary/aromatic N) is 2. The summed E-state index contributed by atoms with van der Waals surface area (Å²) in [6.07, 6.45) is 3.50. The van der Waals surface area contributed by atoms with E-state index in [0.29, 0.717) is 36.4 Å². The van der Waals surface area contributed by atoms with Crippen molar-refractivity contribution in [2.45, 2.75) is 18.8 Å². The standard InChI is InChI=1S/C24H24N2O4/c27-20-6-4-18(5-7-20)19-12-15-26(16-13-19)24(28)17-29-21-8-10-22(11-9-21)30-23-3-1-2-14-25-23/h1-11,14,19,27H,12-13,15-17H2. The fourth-order valence-electron chi connectivity index (χ4n) is 3.58. The van der Waals surface area contributed by atoms with Crippen molar-refractivity contribution in [3.8, 4) is 23.1 Å². The van der Waals surface area contributed by atoms with E-state index in [1.165, 1.54) is 5.56 Å². The molecule has 0 bridgehead atoms. The van der Waals surface area contributed by atoms with Crippen molar-refractivity contribution < 1.29 is 19.4 Å². The van der Waals surface area contributed by atoms with Gasteiger partial charge in [-0.25, -0.2) is 4.98 Å². The number of rotatable bonds is 6. The summed E-state index contributed by atoms with van der Waals surface area (Å²) in [7, 11) is 0. The molecule has 154 valence electrons. The summed E-state index contributed by atoms with van der Waals surface area (Å²) in [6, 6.07) is 20.0. The largest absolute Gasteiger partial charge is 0.508 e. The second-order valence-corrected chi connectivity index (χ2v) is 7.28. The van der Waals surface area contributed by atoms with E-state index in [2.05, 4.69) is 4.98 Å². The highest BCUT2D eigenvalue weighted by Crippen LogP contribution is 2.29. The number of aromatic hydroxyl groups is 1. The van der Waals surface area contributed by atoms with Crippen molar-refractivity contribution in [3.05, 3.63) is 78.5 Å². The number of phenolic OH excluding ortho intramolecular Hbond substituents is 1. The number of likely N-dealkylation sites (tertiary alicyclic amines) is 1. The number of phenols is 1. The lowest BCUT2D eigenvalue weighted by Crippen LogP contribution is -2.40. The quantitative estimate of drug-likeness (QED) is 0.661. The van der Waals surface area contributed by atoms with Crippen LogP contribution in [0.1, 0.15) is 24.3 Å². The van der Waals surface area contributed by atoms with Gasteiger partial charge in [-0.05, 0) is 66.8 Å². The fraction of sp³-hybridized carbons (Fsp3) is 0.250. The molecule has 1 aliphatic rings. The van der Waals surface area contributed by atoms with E-state index < -0.39 is 0 Å². The van der Waals surface area contributed by atoms with Gasteiger partial charge < -0.3 is 19.5 Å². The topological polar surface area (TPSA) is 71.9 Å². The second kappa shape index (κ2) is 9.31. The van der Waals surface area contributed by atoms with Gasteiger partial charge in [0.2, 0.25) is 5.88 Å². The maximum atomic E-state index is 12.5. The molecular formula is C24H24N2O4. The van der Waals surface area contributed by atoms with Crippen molar-refractivity contribution in [2.24, 2.45) is 0 Å². The first-order valence-electron chi connectivity index (χ1n) is 10.1. The van der Waals surface area contributed by atoms with Gasteiger partial charge >= 0.3 is 0 Å². The van der Waals surface area contributed by atoms with Crippen LogP contribution in [-0.4, -0.2) is 40.6 Å². The summed E-state index contributed by atoms with van der Waals surface area (Å²) in [4.78, 5) is 18.5. The number of amides is 1. The van der Waals surface area contributed by atoms with Gasteiger partial charge in [-0.15, -0.1) is 0 Å². The van der Waals surface area contributed by atoms with Crippen LogP contribution in [0.4, 0.5) is 0 Å². The molecule has 30 heavy (non-hydrogen) atoms. The zero-order valence-electron chi connectivity index (χ0n) is 16.6. The Morgan fingerprint density at radius 1 is 0.967 bits per heavy atom. The zero-order valence-corrected chi connectivity index (χ0v) is 16.6. The number of carbonyl (C=O) groups excluding carboxylic acids is 1. The van der Waals surface area contributed by atoms with Crippen LogP contribution >= 0.6 is 0 Å². The molecule has 6 heteroatoms. The number of carbonyl (C=O) groups is 1. The summed E-state index contributed by atoms with van der Waals surface area (Å²) in [5, 5.41) is 9.43. The smallest absolute Gasteiger partial charge is 0.260 e. The number of hydrogen-bond donors (Lipinski definition) is 1. The minimum absolute atomic E-state index is 0.00651. The van der Waals surface area contributed by atoms with Crippen LogP contribution < -0.4 is 9.47 Å². The molecule has 0 saturated carbocycles. The highest BCUT2D eigenvalue weighted by atomic mass is 16.5. The second-order valence-electron chi connectivity index (χ2n) is 7.28. The molecule has 1 fully saturated rings. The van der Waals surface area contributed by atoms with Crippen molar-refractivity contribution in [3.63, 3.8) is 0 Å². The third kappa shape index (κ3) is 5.08. The summed E-state index contributed by atoms with van der Waals surface area (Å²) < 4.78 is 11.3. The molecule has 1 saturated heterocycles. The fourth-order valence-corrected chi connectivity index (χ4v) is 3.58. The molecule has 0 atom stereocenters. The number of aromatic nitrogens is 1. The van der Waals surface area contributed by atoms with E-state index in [4.69, 9.17) is 9.47 Å². The minimum atomic E-state index is -0.00651. The van der Waals surface area contributed by atoms with Gasteiger partial charge in [0.25, 0.3) is 5.91 Å². The lowest BCUT2D eigenvalue weighted by Gasteiger charge is -2.32. The van der Waals surface area contributed by atoms with Gasteiger partial charge in [-0.3, -0.25) is 4.79 Å². The maximum Gasteiger partial charge on any atom is 0.260 e. The van der Waals surface area contributed by atoms with E-state index >= 15 is 0 Å². The normalized spacial score (nSPS) is 14.3. The van der Waals surface area contributed by atoms with Crippen LogP contribution in [0, 0.1) is 0 Å². The highest BCUT2D eigenvalue weighted by Gasteiger charge is 2.24. The third-order valence-electron chi connectivity index (χ3n) is 5.26. The molecule has 1 amide bonds. The number of pyridine rings is 1. The molecule has 1 N–H and O–H groups in total. The first kappa shape index (κ1) is 19.8. The van der Waals surface area contributed by atoms with Crippen LogP contribution in [0.5, 0.6) is 23.1 Å². The molecular weight excluding hydrogens is 380 g/mol. The highest BCUT2D eigenvalue weighted by molar-refractivity contribution is 5.77. The van der Waals surface area contributed by atoms with Crippen LogP contribution in [0.25, 0.3) is 0 Å². The maximum absolute atomic E-state index is 12.5. The predicted octanol–water partition coefficient (Wildman–Crippen LogP) is 4.36. The summed E-state index contributed by atoms with van der Waals surface area (Å²) in [5.41, 5.74) is 1.21.